The van der Waals surface area contributed by atoms with E-state index in [0.29, 0.717) is 5.56 Å². The number of nitro groups is 1. The molecule has 26 heavy (non-hydrogen) atoms. The molecule has 2 aromatic rings. The number of amides is 1. The van der Waals surface area contributed by atoms with Crippen LogP contribution >= 0.6 is 0 Å². The second-order valence-corrected chi connectivity index (χ2v) is 5.55. The van der Waals surface area contributed by atoms with Crippen LogP contribution in [0.2, 0.25) is 0 Å². The SMILES string of the molecule is CN(C)C(=O)[C@H](OC(=O)COc1ccc([N+](=O)[O-])cc1)c1ccccc1. The van der Waals surface area contributed by atoms with Crippen LogP contribution in [0.25, 0.3) is 0 Å². The number of hydrogen-bond acceptors (Lipinski definition) is 6. The van der Waals surface area contributed by atoms with Gasteiger partial charge in [-0.15, -0.1) is 0 Å². The van der Waals surface area contributed by atoms with E-state index in [-0.39, 0.29) is 17.3 Å². The minimum atomic E-state index is -1.07. The van der Waals surface area contributed by atoms with Crippen LogP contribution in [0.5, 0.6) is 5.75 Å². The highest BCUT2D eigenvalue weighted by Gasteiger charge is 2.26. The van der Waals surface area contributed by atoms with E-state index in [9.17, 15) is 19.7 Å². The van der Waals surface area contributed by atoms with Gasteiger partial charge in [0.2, 0.25) is 6.10 Å². The van der Waals surface area contributed by atoms with Gasteiger partial charge in [0.1, 0.15) is 5.75 Å². The maximum atomic E-state index is 12.3. The number of nitrogens with zero attached hydrogens (tertiary/aromatic N) is 2. The molecule has 0 radical (unpaired) electrons. The first-order valence-corrected chi connectivity index (χ1v) is 7.71. The van der Waals surface area contributed by atoms with Gasteiger partial charge in [-0.25, -0.2) is 4.79 Å². The minimum absolute atomic E-state index is 0.0827. The average Bonchev–Trinajstić information content (AvgIpc) is 2.64. The molecule has 0 saturated heterocycles. The van der Waals surface area contributed by atoms with Crippen LogP contribution in [-0.2, 0) is 14.3 Å². The van der Waals surface area contributed by atoms with E-state index in [1.54, 1.807) is 44.4 Å². The summed E-state index contributed by atoms with van der Waals surface area (Å²) in [5.41, 5.74) is 0.468. The van der Waals surface area contributed by atoms with Crippen LogP contribution in [0.15, 0.2) is 54.6 Å². The number of carbonyl (C=O) groups excluding carboxylic acids is 2. The Bertz CT molecular complexity index is 774. The molecule has 1 atom stereocenters. The monoisotopic (exact) mass is 358 g/mol. The molecule has 0 heterocycles. The third-order valence-electron chi connectivity index (χ3n) is 3.42. The van der Waals surface area contributed by atoms with Crippen LogP contribution in [0.4, 0.5) is 5.69 Å². The number of carbonyl (C=O) groups is 2. The molecule has 2 rings (SSSR count). The van der Waals surface area contributed by atoms with Crippen molar-refractivity contribution in [2.45, 2.75) is 6.10 Å². The highest BCUT2D eigenvalue weighted by Crippen LogP contribution is 2.20. The van der Waals surface area contributed by atoms with Crippen LogP contribution in [0, 0.1) is 10.1 Å². The largest absolute Gasteiger partial charge is 0.482 e. The lowest BCUT2D eigenvalue weighted by Gasteiger charge is -2.21. The van der Waals surface area contributed by atoms with Crippen molar-refractivity contribution in [2.24, 2.45) is 0 Å². The molecule has 8 heteroatoms. The molecule has 0 aliphatic heterocycles. The quantitative estimate of drug-likeness (QED) is 0.428. The molecular weight excluding hydrogens is 340 g/mol. The summed E-state index contributed by atoms with van der Waals surface area (Å²) in [6.45, 7) is -0.429. The Kier molecular flexibility index (Phi) is 6.26. The maximum absolute atomic E-state index is 12.3. The van der Waals surface area contributed by atoms with Gasteiger partial charge in [0, 0.05) is 31.8 Å². The van der Waals surface area contributed by atoms with Crippen molar-refractivity contribution in [2.75, 3.05) is 20.7 Å². The maximum Gasteiger partial charge on any atom is 0.345 e. The van der Waals surface area contributed by atoms with Crippen molar-refractivity contribution in [1.82, 2.24) is 4.90 Å². The summed E-state index contributed by atoms with van der Waals surface area (Å²) < 4.78 is 10.5. The van der Waals surface area contributed by atoms with Gasteiger partial charge in [0.25, 0.3) is 11.6 Å². The first-order chi connectivity index (χ1) is 12.4. The van der Waals surface area contributed by atoms with Gasteiger partial charge in [-0.2, -0.15) is 0 Å². The van der Waals surface area contributed by atoms with Gasteiger partial charge in [-0.1, -0.05) is 30.3 Å². The lowest BCUT2D eigenvalue weighted by Crippen LogP contribution is -2.32. The molecular formula is C18H18N2O6. The molecule has 0 aliphatic rings. The summed E-state index contributed by atoms with van der Waals surface area (Å²) in [6, 6.07) is 14.0. The highest BCUT2D eigenvalue weighted by molar-refractivity contribution is 5.85. The van der Waals surface area contributed by atoms with Crippen molar-refractivity contribution in [3.05, 3.63) is 70.3 Å². The predicted molar refractivity (Wildman–Crippen MR) is 92.6 cm³/mol. The molecule has 8 nitrogen and oxygen atoms in total. The summed E-state index contributed by atoms with van der Waals surface area (Å²) >= 11 is 0. The topological polar surface area (TPSA) is 99.0 Å². The fourth-order valence-corrected chi connectivity index (χ4v) is 2.10. The van der Waals surface area contributed by atoms with Crippen molar-refractivity contribution in [3.8, 4) is 5.75 Å². The van der Waals surface area contributed by atoms with Crippen molar-refractivity contribution in [3.63, 3.8) is 0 Å². The van der Waals surface area contributed by atoms with Crippen LogP contribution in [0.3, 0.4) is 0 Å². The Labute approximate surface area is 150 Å². The first kappa shape index (κ1) is 18.9. The smallest absolute Gasteiger partial charge is 0.345 e. The summed E-state index contributed by atoms with van der Waals surface area (Å²) in [7, 11) is 3.14. The van der Waals surface area contributed by atoms with E-state index in [1.165, 1.54) is 29.2 Å². The second-order valence-electron chi connectivity index (χ2n) is 5.55. The van der Waals surface area contributed by atoms with Crippen LogP contribution in [-0.4, -0.2) is 42.4 Å². The second kappa shape index (κ2) is 8.61. The van der Waals surface area contributed by atoms with E-state index >= 15 is 0 Å². The van der Waals surface area contributed by atoms with Crippen LogP contribution < -0.4 is 4.74 Å². The summed E-state index contributed by atoms with van der Waals surface area (Å²) in [5.74, 6) is -0.824. The number of likely N-dealkylation sites (N-methyl/N-ethyl adjacent to an activating group) is 1. The van der Waals surface area contributed by atoms with Gasteiger partial charge in [0.15, 0.2) is 6.61 Å². The van der Waals surface area contributed by atoms with Crippen LogP contribution in [0.1, 0.15) is 11.7 Å². The Balaban J connectivity index is 2.00. The van der Waals surface area contributed by atoms with Crippen molar-refractivity contribution in [1.29, 1.82) is 0 Å². The number of ether oxygens (including phenoxy) is 2. The number of esters is 1. The van der Waals surface area contributed by atoms with E-state index in [2.05, 4.69) is 0 Å². The fraction of sp³-hybridized carbons (Fsp3) is 0.222. The van der Waals surface area contributed by atoms with Gasteiger partial charge in [-0.3, -0.25) is 14.9 Å². The number of rotatable bonds is 7. The Hall–Kier alpha value is -3.42. The Morgan fingerprint density at radius 3 is 2.23 bits per heavy atom. The zero-order chi connectivity index (χ0) is 19.1. The molecule has 0 bridgehead atoms. The fourth-order valence-electron chi connectivity index (χ4n) is 2.10. The minimum Gasteiger partial charge on any atom is -0.482 e. The molecule has 0 aliphatic carbocycles. The third-order valence-corrected chi connectivity index (χ3v) is 3.42. The summed E-state index contributed by atoms with van der Waals surface area (Å²) in [5, 5.41) is 10.6. The molecule has 2 aromatic carbocycles. The number of hydrogen-bond donors (Lipinski definition) is 0. The molecule has 0 unspecified atom stereocenters. The number of non-ortho nitro benzene ring substituents is 1. The lowest BCUT2D eigenvalue weighted by atomic mass is 10.1. The third kappa shape index (κ3) is 5.04. The summed E-state index contributed by atoms with van der Waals surface area (Å²) in [6.07, 6.45) is -1.07. The van der Waals surface area contributed by atoms with E-state index in [4.69, 9.17) is 9.47 Å². The normalized spacial score (nSPS) is 11.3. The van der Waals surface area contributed by atoms with Gasteiger partial charge in [0.05, 0.1) is 4.92 Å². The molecule has 136 valence electrons. The molecule has 1 amide bonds. The molecule has 0 aromatic heterocycles. The van der Waals surface area contributed by atoms with E-state index < -0.39 is 23.6 Å². The standard InChI is InChI=1S/C18H18N2O6/c1-19(2)18(22)17(13-6-4-3-5-7-13)26-16(21)12-25-15-10-8-14(9-11-15)20(23)24/h3-11,17H,12H2,1-2H3/t17-/m1/s1. The van der Waals surface area contributed by atoms with Crippen molar-refractivity contribution < 1.29 is 24.0 Å². The number of benzene rings is 2. The zero-order valence-corrected chi connectivity index (χ0v) is 14.3. The molecule has 0 spiro atoms. The van der Waals surface area contributed by atoms with E-state index in [0.717, 1.165) is 0 Å². The van der Waals surface area contributed by atoms with Gasteiger partial charge < -0.3 is 14.4 Å². The average molecular weight is 358 g/mol. The lowest BCUT2D eigenvalue weighted by molar-refractivity contribution is -0.384. The summed E-state index contributed by atoms with van der Waals surface area (Å²) in [4.78, 5) is 35.8. The van der Waals surface area contributed by atoms with Gasteiger partial charge in [-0.05, 0) is 12.1 Å². The Morgan fingerprint density at radius 1 is 1.08 bits per heavy atom. The zero-order valence-electron chi connectivity index (χ0n) is 14.3. The predicted octanol–water partition coefficient (Wildman–Crippen LogP) is 2.35. The number of nitro benzene ring substituents is 1. The first-order valence-electron chi connectivity index (χ1n) is 7.71. The Morgan fingerprint density at radius 2 is 1.69 bits per heavy atom. The molecule has 0 N–H and O–H groups in total. The van der Waals surface area contributed by atoms with Gasteiger partial charge >= 0.3 is 5.97 Å². The highest BCUT2D eigenvalue weighted by atomic mass is 16.6. The van der Waals surface area contributed by atoms with E-state index in [1.807, 2.05) is 0 Å². The van der Waals surface area contributed by atoms with Crippen molar-refractivity contribution >= 4 is 17.6 Å². The molecule has 0 saturated carbocycles. The molecule has 0 fully saturated rings.